The molecule has 2 nitrogen and oxygen atoms in total. The third-order valence-electron chi connectivity index (χ3n) is 3.59. The van der Waals surface area contributed by atoms with Gasteiger partial charge in [-0.1, -0.05) is 42.3 Å². The number of hydrogen-bond acceptors (Lipinski definition) is 2. The van der Waals surface area contributed by atoms with Crippen LogP contribution < -0.4 is 10.1 Å². The Kier molecular flexibility index (Phi) is 5.40. The van der Waals surface area contributed by atoms with E-state index in [1.54, 1.807) is 7.11 Å². The third-order valence-corrected chi connectivity index (χ3v) is 3.59. The highest BCUT2D eigenvalue weighted by Crippen LogP contribution is 2.29. The first-order chi connectivity index (χ1) is 10.1. The first kappa shape index (κ1) is 15.6. The van der Waals surface area contributed by atoms with Gasteiger partial charge in [-0.05, 0) is 55.6 Å². The van der Waals surface area contributed by atoms with Crippen molar-refractivity contribution in [2.45, 2.75) is 33.7 Å². The molecule has 0 heterocycles. The summed E-state index contributed by atoms with van der Waals surface area (Å²) < 4.78 is 5.37. The van der Waals surface area contributed by atoms with Crippen LogP contribution >= 0.6 is 0 Å². The maximum absolute atomic E-state index is 5.37. The SMILES string of the molecule is CCCNCc1cc(OC)ccc1-c1cc(C)cc(C)c1. The van der Waals surface area contributed by atoms with E-state index < -0.39 is 0 Å². The van der Waals surface area contributed by atoms with E-state index >= 15 is 0 Å². The molecule has 0 amide bonds. The van der Waals surface area contributed by atoms with Crippen LogP contribution in [0.5, 0.6) is 5.75 Å². The summed E-state index contributed by atoms with van der Waals surface area (Å²) in [5.41, 5.74) is 6.45. The molecule has 2 rings (SSSR count). The summed E-state index contributed by atoms with van der Waals surface area (Å²) in [6.07, 6.45) is 1.14. The van der Waals surface area contributed by atoms with Gasteiger partial charge < -0.3 is 10.1 Å². The van der Waals surface area contributed by atoms with E-state index in [1.165, 1.54) is 27.8 Å². The van der Waals surface area contributed by atoms with Gasteiger partial charge in [-0.15, -0.1) is 0 Å². The average molecular weight is 283 g/mol. The molecule has 1 N–H and O–H groups in total. The highest BCUT2D eigenvalue weighted by Gasteiger charge is 2.08. The van der Waals surface area contributed by atoms with Gasteiger partial charge in [-0.2, -0.15) is 0 Å². The Morgan fingerprint density at radius 1 is 1.00 bits per heavy atom. The Morgan fingerprint density at radius 3 is 2.33 bits per heavy atom. The van der Waals surface area contributed by atoms with E-state index in [4.69, 9.17) is 4.74 Å². The lowest BCUT2D eigenvalue weighted by atomic mass is 9.96. The second-order valence-corrected chi connectivity index (χ2v) is 5.58. The number of ether oxygens (including phenoxy) is 1. The zero-order chi connectivity index (χ0) is 15.2. The Bertz CT molecular complexity index is 584. The largest absolute Gasteiger partial charge is 0.497 e. The van der Waals surface area contributed by atoms with Crippen molar-refractivity contribution >= 4 is 0 Å². The van der Waals surface area contributed by atoms with Gasteiger partial charge in [0.15, 0.2) is 0 Å². The molecule has 0 aliphatic carbocycles. The third kappa shape index (κ3) is 4.08. The van der Waals surface area contributed by atoms with E-state index in [1.807, 2.05) is 6.07 Å². The number of aryl methyl sites for hydroxylation is 2. The lowest BCUT2D eigenvalue weighted by Gasteiger charge is -2.14. The molecule has 0 radical (unpaired) electrons. The average Bonchev–Trinajstić information content (AvgIpc) is 2.46. The van der Waals surface area contributed by atoms with E-state index in [9.17, 15) is 0 Å². The second kappa shape index (κ2) is 7.28. The molecule has 0 saturated heterocycles. The fraction of sp³-hybridized carbons (Fsp3) is 0.368. The summed E-state index contributed by atoms with van der Waals surface area (Å²) in [5, 5.41) is 3.49. The van der Waals surface area contributed by atoms with Crippen molar-refractivity contribution in [2.75, 3.05) is 13.7 Å². The van der Waals surface area contributed by atoms with Crippen LogP contribution in [0.2, 0.25) is 0 Å². The molecule has 0 bridgehead atoms. The zero-order valence-electron chi connectivity index (χ0n) is 13.5. The van der Waals surface area contributed by atoms with Gasteiger partial charge in [0.2, 0.25) is 0 Å². The minimum Gasteiger partial charge on any atom is -0.497 e. The molecule has 0 unspecified atom stereocenters. The van der Waals surface area contributed by atoms with Crippen LogP contribution in [0.15, 0.2) is 36.4 Å². The molecule has 0 atom stereocenters. The molecule has 0 aromatic heterocycles. The predicted molar refractivity (Wildman–Crippen MR) is 89.9 cm³/mol. The van der Waals surface area contributed by atoms with Crippen molar-refractivity contribution < 1.29 is 4.74 Å². The van der Waals surface area contributed by atoms with Crippen molar-refractivity contribution in [3.63, 3.8) is 0 Å². The first-order valence-electron chi connectivity index (χ1n) is 7.60. The molecule has 112 valence electrons. The van der Waals surface area contributed by atoms with Gasteiger partial charge in [0, 0.05) is 6.54 Å². The standard InChI is InChI=1S/C19H25NO/c1-5-8-20-13-17-12-18(21-4)6-7-19(17)16-10-14(2)9-15(3)11-16/h6-7,9-12,20H,5,8,13H2,1-4H3. The van der Waals surface area contributed by atoms with Crippen molar-refractivity contribution in [1.29, 1.82) is 0 Å². The molecule has 0 spiro atoms. The Balaban J connectivity index is 2.40. The summed E-state index contributed by atoms with van der Waals surface area (Å²) in [6.45, 7) is 8.38. The lowest BCUT2D eigenvalue weighted by molar-refractivity contribution is 0.414. The number of hydrogen-bond donors (Lipinski definition) is 1. The molecule has 0 aliphatic rings. The number of benzene rings is 2. The fourth-order valence-electron chi connectivity index (χ4n) is 2.65. The van der Waals surface area contributed by atoms with Gasteiger partial charge in [0.1, 0.15) is 5.75 Å². The highest BCUT2D eigenvalue weighted by molar-refractivity contribution is 5.69. The van der Waals surface area contributed by atoms with E-state index in [0.717, 1.165) is 25.3 Å². The molecule has 2 aromatic rings. The van der Waals surface area contributed by atoms with Crippen LogP contribution in [0.4, 0.5) is 0 Å². The maximum atomic E-state index is 5.37. The second-order valence-electron chi connectivity index (χ2n) is 5.58. The van der Waals surface area contributed by atoms with E-state index in [0.29, 0.717) is 0 Å². The quantitative estimate of drug-likeness (QED) is 0.789. The lowest BCUT2D eigenvalue weighted by Crippen LogP contribution is -2.14. The molecule has 0 fully saturated rings. The fourth-order valence-corrected chi connectivity index (χ4v) is 2.65. The Morgan fingerprint density at radius 2 is 1.71 bits per heavy atom. The normalized spacial score (nSPS) is 10.7. The van der Waals surface area contributed by atoms with Gasteiger partial charge in [-0.3, -0.25) is 0 Å². The van der Waals surface area contributed by atoms with Gasteiger partial charge in [-0.25, -0.2) is 0 Å². The highest BCUT2D eigenvalue weighted by atomic mass is 16.5. The van der Waals surface area contributed by atoms with Crippen LogP contribution in [-0.4, -0.2) is 13.7 Å². The molecule has 2 heteroatoms. The molecule has 2 aromatic carbocycles. The van der Waals surface area contributed by atoms with Gasteiger partial charge >= 0.3 is 0 Å². The first-order valence-corrected chi connectivity index (χ1v) is 7.60. The van der Waals surface area contributed by atoms with Crippen LogP contribution in [-0.2, 0) is 6.54 Å². The summed E-state index contributed by atoms with van der Waals surface area (Å²) in [5.74, 6) is 0.913. The van der Waals surface area contributed by atoms with Crippen molar-refractivity contribution in [3.05, 3.63) is 53.1 Å². The summed E-state index contributed by atoms with van der Waals surface area (Å²) in [6, 6.07) is 13.0. The molecule has 0 aliphatic heterocycles. The van der Waals surface area contributed by atoms with Crippen molar-refractivity contribution in [1.82, 2.24) is 5.32 Å². The smallest absolute Gasteiger partial charge is 0.119 e. The molecule has 0 saturated carbocycles. The molecule has 21 heavy (non-hydrogen) atoms. The van der Waals surface area contributed by atoms with Crippen LogP contribution in [0.3, 0.4) is 0 Å². The molecular formula is C19H25NO. The summed E-state index contributed by atoms with van der Waals surface area (Å²) in [4.78, 5) is 0. The van der Waals surface area contributed by atoms with Crippen LogP contribution in [0, 0.1) is 13.8 Å². The summed E-state index contributed by atoms with van der Waals surface area (Å²) >= 11 is 0. The number of nitrogens with one attached hydrogen (secondary N) is 1. The number of methoxy groups -OCH3 is 1. The zero-order valence-corrected chi connectivity index (χ0v) is 13.5. The van der Waals surface area contributed by atoms with Crippen molar-refractivity contribution in [2.24, 2.45) is 0 Å². The van der Waals surface area contributed by atoms with Crippen molar-refractivity contribution in [3.8, 4) is 16.9 Å². The van der Waals surface area contributed by atoms with E-state index in [2.05, 4.69) is 56.4 Å². The molecular weight excluding hydrogens is 258 g/mol. The minimum atomic E-state index is 0.868. The van der Waals surface area contributed by atoms with E-state index in [-0.39, 0.29) is 0 Å². The van der Waals surface area contributed by atoms with Gasteiger partial charge in [0.25, 0.3) is 0 Å². The van der Waals surface area contributed by atoms with Gasteiger partial charge in [0.05, 0.1) is 7.11 Å². The maximum Gasteiger partial charge on any atom is 0.119 e. The topological polar surface area (TPSA) is 21.3 Å². The minimum absolute atomic E-state index is 0.868. The summed E-state index contributed by atoms with van der Waals surface area (Å²) in [7, 11) is 1.72. The predicted octanol–water partition coefficient (Wildman–Crippen LogP) is 4.48. The van der Waals surface area contributed by atoms with Crippen LogP contribution in [0.25, 0.3) is 11.1 Å². The monoisotopic (exact) mass is 283 g/mol. The Hall–Kier alpha value is -1.80. The van der Waals surface area contributed by atoms with Crippen LogP contribution in [0.1, 0.15) is 30.0 Å². The number of rotatable bonds is 6. The Labute approximate surface area is 128 Å².